The van der Waals surface area contributed by atoms with E-state index < -0.39 is 0 Å². The Bertz CT molecular complexity index is 1560. The molecule has 0 saturated heterocycles. The summed E-state index contributed by atoms with van der Waals surface area (Å²) in [7, 11) is 4.67. The van der Waals surface area contributed by atoms with Gasteiger partial charge in [-0.3, -0.25) is 4.79 Å². The second-order valence-electron chi connectivity index (χ2n) is 9.15. The van der Waals surface area contributed by atoms with Gasteiger partial charge in [-0.2, -0.15) is 5.26 Å². The van der Waals surface area contributed by atoms with Gasteiger partial charge in [-0.25, -0.2) is 4.98 Å². The number of pyridine rings is 1. The fourth-order valence-corrected chi connectivity index (χ4v) is 5.86. The third-order valence-electron chi connectivity index (χ3n) is 6.89. The monoisotopic (exact) mass is 551 g/mol. The number of anilines is 1. The Labute approximate surface area is 238 Å². The van der Waals surface area contributed by atoms with E-state index in [0.717, 1.165) is 28.9 Å². The first-order valence-corrected chi connectivity index (χ1v) is 13.9. The van der Waals surface area contributed by atoms with Crippen molar-refractivity contribution >= 4 is 23.4 Å². The average Bonchev–Trinajstić information content (AvgIpc) is 3.44. The highest BCUT2D eigenvalue weighted by Gasteiger charge is 2.24. The first kappa shape index (κ1) is 27.1. The molecule has 3 aromatic carbocycles. The minimum atomic E-state index is 0.0695. The number of hydrogen-bond donors (Lipinski definition) is 0. The van der Waals surface area contributed by atoms with E-state index in [1.165, 1.54) is 17.3 Å². The summed E-state index contributed by atoms with van der Waals surface area (Å²) in [6.45, 7) is 0.694. The maximum Gasteiger partial charge on any atom is 0.227 e. The smallest absolute Gasteiger partial charge is 0.227 e. The number of carbonyl (C=O) groups is 1. The number of hydrogen-bond acceptors (Lipinski definition) is 7. The first-order valence-electron chi connectivity index (χ1n) is 12.9. The number of para-hydroxylation sites is 1. The van der Waals surface area contributed by atoms with Crippen molar-refractivity contribution in [2.75, 3.05) is 38.5 Å². The van der Waals surface area contributed by atoms with E-state index in [1.807, 2.05) is 71.6 Å². The van der Waals surface area contributed by atoms with Gasteiger partial charge in [0.1, 0.15) is 11.1 Å². The summed E-state index contributed by atoms with van der Waals surface area (Å²) in [4.78, 5) is 19.9. The molecule has 0 radical (unpaired) electrons. The Kier molecular flexibility index (Phi) is 8.23. The molecule has 8 heteroatoms. The molecule has 0 spiro atoms. The lowest BCUT2D eigenvalue weighted by Crippen LogP contribution is -2.29. The number of thioether (sulfide) groups is 1. The minimum Gasteiger partial charge on any atom is -0.493 e. The molecule has 0 N–H and O–H groups in total. The fourth-order valence-electron chi connectivity index (χ4n) is 4.92. The standard InChI is InChI=1S/C32H29N3O4S/c1-37-28-17-23(18-29(38-2)31(28)39-3)24-19-26(21-9-5-4-6-10-21)34-32(25(24)20-33)40-16-14-30(36)35-15-13-22-11-7-8-12-27(22)35/h4-12,17-19H,13-16H2,1-3H3. The Hall–Kier alpha value is -4.48. The second-order valence-corrected chi connectivity index (χ2v) is 10.2. The molecule has 7 nitrogen and oxygen atoms in total. The lowest BCUT2D eigenvalue weighted by atomic mass is 9.98. The van der Waals surface area contributed by atoms with Crippen LogP contribution in [0.3, 0.4) is 0 Å². The van der Waals surface area contributed by atoms with Crippen LogP contribution in [-0.4, -0.2) is 44.5 Å². The summed E-state index contributed by atoms with van der Waals surface area (Å²) in [5.74, 6) is 2.02. The van der Waals surface area contributed by atoms with E-state index in [4.69, 9.17) is 19.2 Å². The van der Waals surface area contributed by atoms with Gasteiger partial charge >= 0.3 is 0 Å². The van der Waals surface area contributed by atoms with Gasteiger partial charge in [-0.05, 0) is 41.8 Å². The topological polar surface area (TPSA) is 84.7 Å². The minimum absolute atomic E-state index is 0.0695. The van der Waals surface area contributed by atoms with Crippen molar-refractivity contribution in [2.24, 2.45) is 0 Å². The molecule has 202 valence electrons. The van der Waals surface area contributed by atoms with Crippen LogP contribution in [0.4, 0.5) is 5.69 Å². The van der Waals surface area contributed by atoms with Crippen LogP contribution in [0.1, 0.15) is 17.5 Å². The van der Waals surface area contributed by atoms with Gasteiger partial charge in [0, 0.05) is 35.5 Å². The normalized spacial score (nSPS) is 12.0. The first-order chi connectivity index (χ1) is 19.6. The number of benzene rings is 3. The third-order valence-corrected chi connectivity index (χ3v) is 7.86. The maximum absolute atomic E-state index is 13.1. The number of fused-ring (bicyclic) bond motifs is 1. The molecule has 40 heavy (non-hydrogen) atoms. The van der Waals surface area contributed by atoms with E-state index in [1.54, 1.807) is 21.3 Å². The number of nitrogens with zero attached hydrogens (tertiary/aromatic N) is 3. The van der Waals surface area contributed by atoms with Crippen LogP contribution in [0.2, 0.25) is 0 Å². The van der Waals surface area contributed by atoms with E-state index in [0.29, 0.717) is 52.1 Å². The number of methoxy groups -OCH3 is 3. The van der Waals surface area contributed by atoms with Crippen LogP contribution < -0.4 is 19.1 Å². The summed E-state index contributed by atoms with van der Waals surface area (Å²) in [6, 6.07) is 25.8. The number of aromatic nitrogens is 1. The summed E-state index contributed by atoms with van der Waals surface area (Å²) < 4.78 is 16.6. The molecule has 1 aliphatic rings. The number of ether oxygens (including phenoxy) is 3. The van der Waals surface area contributed by atoms with Gasteiger partial charge in [0.25, 0.3) is 0 Å². The molecule has 1 amide bonds. The number of nitriles is 1. The van der Waals surface area contributed by atoms with Gasteiger partial charge in [-0.1, -0.05) is 48.5 Å². The molecule has 0 atom stereocenters. The highest BCUT2D eigenvalue weighted by Crippen LogP contribution is 2.43. The van der Waals surface area contributed by atoms with Gasteiger partial charge < -0.3 is 19.1 Å². The lowest BCUT2D eigenvalue weighted by molar-refractivity contribution is -0.118. The molecule has 0 saturated carbocycles. The zero-order chi connectivity index (χ0) is 28.1. The van der Waals surface area contributed by atoms with Crippen LogP contribution >= 0.6 is 11.8 Å². The fraction of sp³-hybridized carbons (Fsp3) is 0.219. The lowest BCUT2D eigenvalue weighted by Gasteiger charge is -2.18. The molecule has 0 fully saturated rings. The number of rotatable bonds is 9. The Balaban J connectivity index is 1.50. The summed E-state index contributed by atoms with van der Waals surface area (Å²) in [5.41, 5.74) is 5.69. The SMILES string of the molecule is COc1cc(-c2cc(-c3ccccc3)nc(SCCC(=O)N3CCc4ccccc43)c2C#N)cc(OC)c1OC. The molecular formula is C32H29N3O4S. The summed E-state index contributed by atoms with van der Waals surface area (Å²) >= 11 is 1.42. The van der Waals surface area contributed by atoms with Gasteiger partial charge in [0.15, 0.2) is 11.5 Å². The van der Waals surface area contributed by atoms with Crippen molar-refractivity contribution in [2.45, 2.75) is 17.9 Å². The highest BCUT2D eigenvalue weighted by molar-refractivity contribution is 7.99. The summed E-state index contributed by atoms with van der Waals surface area (Å²) in [6.07, 6.45) is 1.20. The Morgan fingerprint density at radius 3 is 2.33 bits per heavy atom. The van der Waals surface area contributed by atoms with Crippen LogP contribution in [0, 0.1) is 11.3 Å². The quantitative estimate of drug-likeness (QED) is 0.223. The predicted molar refractivity (Wildman–Crippen MR) is 157 cm³/mol. The van der Waals surface area contributed by atoms with E-state index in [9.17, 15) is 10.1 Å². The predicted octanol–water partition coefficient (Wildman–Crippen LogP) is 6.38. The molecule has 0 bridgehead atoms. The average molecular weight is 552 g/mol. The van der Waals surface area contributed by atoms with Crippen LogP contribution in [0.25, 0.3) is 22.4 Å². The van der Waals surface area contributed by atoms with Crippen molar-refractivity contribution in [1.29, 1.82) is 5.26 Å². The Morgan fingerprint density at radius 2 is 1.65 bits per heavy atom. The van der Waals surface area contributed by atoms with Crippen LogP contribution in [0.15, 0.2) is 77.8 Å². The number of carbonyl (C=O) groups excluding carboxylic acids is 1. The van der Waals surface area contributed by atoms with Crippen molar-refractivity contribution in [3.05, 3.63) is 83.9 Å². The highest BCUT2D eigenvalue weighted by atomic mass is 32.2. The van der Waals surface area contributed by atoms with Crippen molar-refractivity contribution < 1.29 is 19.0 Å². The van der Waals surface area contributed by atoms with Gasteiger partial charge in [-0.15, -0.1) is 11.8 Å². The molecule has 4 aromatic rings. The molecule has 0 aliphatic carbocycles. The van der Waals surface area contributed by atoms with Gasteiger partial charge in [0.05, 0.1) is 32.6 Å². The Morgan fingerprint density at radius 1 is 0.950 bits per heavy atom. The zero-order valence-electron chi connectivity index (χ0n) is 22.6. The zero-order valence-corrected chi connectivity index (χ0v) is 23.5. The van der Waals surface area contributed by atoms with Gasteiger partial charge in [0.2, 0.25) is 11.7 Å². The van der Waals surface area contributed by atoms with Crippen molar-refractivity contribution in [3.63, 3.8) is 0 Å². The van der Waals surface area contributed by atoms with Crippen LogP contribution in [-0.2, 0) is 11.2 Å². The molecule has 2 heterocycles. The van der Waals surface area contributed by atoms with E-state index in [-0.39, 0.29) is 5.91 Å². The second kappa shape index (κ2) is 12.1. The van der Waals surface area contributed by atoms with Crippen molar-refractivity contribution in [3.8, 4) is 45.7 Å². The van der Waals surface area contributed by atoms with E-state index >= 15 is 0 Å². The molecule has 1 aliphatic heterocycles. The maximum atomic E-state index is 13.1. The van der Waals surface area contributed by atoms with Crippen molar-refractivity contribution in [1.82, 2.24) is 4.98 Å². The largest absolute Gasteiger partial charge is 0.493 e. The molecular weight excluding hydrogens is 522 g/mol. The third kappa shape index (κ3) is 5.33. The molecule has 5 rings (SSSR count). The molecule has 1 aromatic heterocycles. The van der Waals surface area contributed by atoms with Crippen LogP contribution in [0.5, 0.6) is 17.2 Å². The molecule has 0 unspecified atom stereocenters. The van der Waals surface area contributed by atoms with E-state index in [2.05, 4.69) is 12.1 Å². The number of amides is 1. The summed E-state index contributed by atoms with van der Waals surface area (Å²) in [5, 5.41) is 10.9.